The Labute approximate surface area is 96.4 Å². The molecule has 0 radical (unpaired) electrons. The van der Waals surface area contributed by atoms with Crippen LogP contribution in [-0.2, 0) is 0 Å². The molecule has 4 nitrogen and oxygen atoms in total. The normalized spacial score (nSPS) is 18.6. The molecule has 1 aliphatic heterocycles. The Bertz CT molecular complexity index is 365. The van der Waals surface area contributed by atoms with Gasteiger partial charge in [-0.25, -0.2) is 0 Å². The van der Waals surface area contributed by atoms with E-state index in [0.717, 1.165) is 24.5 Å². The van der Waals surface area contributed by atoms with Crippen molar-refractivity contribution in [1.29, 1.82) is 0 Å². The van der Waals surface area contributed by atoms with E-state index in [1.807, 2.05) is 12.1 Å². The Morgan fingerprint density at radius 1 is 1.50 bits per heavy atom. The Morgan fingerprint density at radius 3 is 3.00 bits per heavy atom. The van der Waals surface area contributed by atoms with Crippen LogP contribution < -0.4 is 15.4 Å². The zero-order valence-corrected chi connectivity index (χ0v) is 10.1. The standard InChI is InChI=1S/C12H19N3O/c1-8(2)6-9-7-13-10-4-5-11(16-3)15-12(10)14-9/h4-5,8-9,13H,6-7H2,1-3H3,(H,14,15). The van der Waals surface area contributed by atoms with Gasteiger partial charge in [-0.15, -0.1) is 0 Å². The average Bonchev–Trinajstić information content (AvgIpc) is 2.27. The number of fused-ring (bicyclic) bond motifs is 1. The van der Waals surface area contributed by atoms with E-state index in [-0.39, 0.29) is 0 Å². The van der Waals surface area contributed by atoms with Crippen molar-refractivity contribution in [1.82, 2.24) is 4.98 Å². The van der Waals surface area contributed by atoms with Crippen LogP contribution in [0.2, 0.25) is 0 Å². The predicted molar refractivity (Wildman–Crippen MR) is 66.1 cm³/mol. The summed E-state index contributed by atoms with van der Waals surface area (Å²) in [6.07, 6.45) is 1.14. The second-order valence-corrected chi connectivity index (χ2v) is 4.60. The molecule has 88 valence electrons. The van der Waals surface area contributed by atoms with Crippen molar-refractivity contribution in [3.05, 3.63) is 12.1 Å². The van der Waals surface area contributed by atoms with Crippen LogP contribution in [-0.4, -0.2) is 24.7 Å². The number of methoxy groups -OCH3 is 1. The SMILES string of the molecule is COc1ccc2c(n1)NC(CC(C)C)CN2. The Balaban J connectivity index is 2.12. The minimum Gasteiger partial charge on any atom is -0.481 e. The van der Waals surface area contributed by atoms with Crippen molar-refractivity contribution in [3.8, 4) is 5.88 Å². The molecule has 0 bridgehead atoms. The van der Waals surface area contributed by atoms with E-state index < -0.39 is 0 Å². The largest absolute Gasteiger partial charge is 0.481 e. The summed E-state index contributed by atoms with van der Waals surface area (Å²) in [5.74, 6) is 2.24. The first-order valence-corrected chi connectivity index (χ1v) is 5.74. The van der Waals surface area contributed by atoms with E-state index in [2.05, 4.69) is 29.5 Å². The fraction of sp³-hybridized carbons (Fsp3) is 0.583. The second kappa shape index (κ2) is 4.60. The van der Waals surface area contributed by atoms with Gasteiger partial charge in [-0.3, -0.25) is 0 Å². The average molecular weight is 221 g/mol. The number of nitrogens with zero attached hydrogens (tertiary/aromatic N) is 1. The van der Waals surface area contributed by atoms with Crippen molar-refractivity contribution >= 4 is 11.5 Å². The molecule has 2 N–H and O–H groups in total. The highest BCUT2D eigenvalue weighted by Crippen LogP contribution is 2.27. The maximum atomic E-state index is 5.12. The zero-order chi connectivity index (χ0) is 11.5. The van der Waals surface area contributed by atoms with Gasteiger partial charge in [0.1, 0.15) is 0 Å². The van der Waals surface area contributed by atoms with Crippen LogP contribution in [0.5, 0.6) is 5.88 Å². The maximum absolute atomic E-state index is 5.12. The summed E-state index contributed by atoms with van der Waals surface area (Å²) < 4.78 is 5.12. The molecule has 0 spiro atoms. The van der Waals surface area contributed by atoms with Crippen LogP contribution in [0, 0.1) is 5.92 Å². The maximum Gasteiger partial charge on any atom is 0.215 e. The molecule has 2 rings (SSSR count). The molecule has 1 atom stereocenters. The molecule has 0 saturated carbocycles. The summed E-state index contributed by atoms with van der Waals surface area (Å²) >= 11 is 0. The third-order valence-electron chi connectivity index (χ3n) is 2.71. The minimum absolute atomic E-state index is 0.451. The van der Waals surface area contributed by atoms with Crippen molar-refractivity contribution in [2.45, 2.75) is 26.3 Å². The Morgan fingerprint density at radius 2 is 2.31 bits per heavy atom. The molecule has 1 aliphatic rings. The number of hydrogen-bond acceptors (Lipinski definition) is 4. The molecule has 0 aromatic carbocycles. The van der Waals surface area contributed by atoms with Crippen molar-refractivity contribution in [3.63, 3.8) is 0 Å². The van der Waals surface area contributed by atoms with E-state index >= 15 is 0 Å². The summed E-state index contributed by atoms with van der Waals surface area (Å²) in [5, 5.41) is 6.84. The Hall–Kier alpha value is -1.45. The van der Waals surface area contributed by atoms with Crippen molar-refractivity contribution < 1.29 is 4.74 Å². The monoisotopic (exact) mass is 221 g/mol. The van der Waals surface area contributed by atoms with Gasteiger partial charge in [0.15, 0.2) is 5.82 Å². The third-order valence-corrected chi connectivity index (χ3v) is 2.71. The van der Waals surface area contributed by atoms with Crippen LogP contribution >= 0.6 is 0 Å². The minimum atomic E-state index is 0.451. The van der Waals surface area contributed by atoms with Crippen LogP contribution in [0.25, 0.3) is 0 Å². The molecule has 1 aromatic heterocycles. The molecule has 0 aliphatic carbocycles. The summed E-state index contributed by atoms with van der Waals surface area (Å²) in [5.41, 5.74) is 1.06. The number of ether oxygens (including phenoxy) is 1. The fourth-order valence-electron chi connectivity index (χ4n) is 2.00. The van der Waals surface area contributed by atoms with Crippen LogP contribution in [0.1, 0.15) is 20.3 Å². The third kappa shape index (κ3) is 2.38. The highest BCUT2D eigenvalue weighted by Gasteiger charge is 2.19. The molecule has 2 heterocycles. The van der Waals surface area contributed by atoms with Crippen LogP contribution in [0.15, 0.2) is 12.1 Å². The molecule has 0 amide bonds. The smallest absolute Gasteiger partial charge is 0.215 e. The molecule has 1 unspecified atom stereocenters. The van der Waals surface area contributed by atoms with Gasteiger partial charge in [0.05, 0.1) is 12.8 Å². The highest BCUT2D eigenvalue weighted by molar-refractivity contribution is 5.67. The van der Waals surface area contributed by atoms with E-state index in [4.69, 9.17) is 4.74 Å². The summed E-state index contributed by atoms with van der Waals surface area (Å²) in [7, 11) is 1.64. The van der Waals surface area contributed by atoms with Gasteiger partial charge < -0.3 is 15.4 Å². The van der Waals surface area contributed by atoms with Gasteiger partial charge in [-0.2, -0.15) is 4.98 Å². The van der Waals surface area contributed by atoms with E-state index in [1.54, 1.807) is 7.11 Å². The van der Waals surface area contributed by atoms with E-state index in [9.17, 15) is 0 Å². The van der Waals surface area contributed by atoms with Gasteiger partial charge in [0.25, 0.3) is 0 Å². The number of hydrogen-bond donors (Lipinski definition) is 2. The Kier molecular flexibility index (Phi) is 3.17. The number of rotatable bonds is 3. The van der Waals surface area contributed by atoms with Crippen LogP contribution in [0.3, 0.4) is 0 Å². The highest BCUT2D eigenvalue weighted by atomic mass is 16.5. The lowest BCUT2D eigenvalue weighted by atomic mass is 10.0. The zero-order valence-electron chi connectivity index (χ0n) is 10.1. The molecule has 0 saturated heterocycles. The summed E-state index contributed by atoms with van der Waals surface area (Å²) in [6, 6.07) is 4.32. The predicted octanol–water partition coefficient (Wildman–Crippen LogP) is 2.34. The molecule has 0 fully saturated rings. The summed E-state index contributed by atoms with van der Waals surface area (Å²) in [4.78, 5) is 4.39. The van der Waals surface area contributed by atoms with E-state index in [1.165, 1.54) is 0 Å². The topological polar surface area (TPSA) is 46.2 Å². The van der Waals surface area contributed by atoms with Crippen molar-refractivity contribution in [2.75, 3.05) is 24.3 Å². The number of pyridine rings is 1. The van der Waals surface area contributed by atoms with Gasteiger partial charge >= 0.3 is 0 Å². The molecular formula is C12H19N3O. The quantitative estimate of drug-likeness (QED) is 0.822. The first kappa shape index (κ1) is 11.0. The lowest BCUT2D eigenvalue weighted by Crippen LogP contribution is -2.34. The van der Waals surface area contributed by atoms with Gasteiger partial charge in [-0.05, 0) is 18.4 Å². The fourth-order valence-corrected chi connectivity index (χ4v) is 2.00. The van der Waals surface area contributed by atoms with Crippen molar-refractivity contribution in [2.24, 2.45) is 5.92 Å². The van der Waals surface area contributed by atoms with Gasteiger partial charge in [0.2, 0.25) is 5.88 Å². The van der Waals surface area contributed by atoms with Crippen LogP contribution in [0.4, 0.5) is 11.5 Å². The first-order chi connectivity index (χ1) is 7.69. The second-order valence-electron chi connectivity index (χ2n) is 4.60. The first-order valence-electron chi connectivity index (χ1n) is 5.74. The number of aromatic nitrogens is 1. The number of nitrogens with one attached hydrogen (secondary N) is 2. The molecule has 4 heteroatoms. The van der Waals surface area contributed by atoms with E-state index in [0.29, 0.717) is 17.8 Å². The molecule has 16 heavy (non-hydrogen) atoms. The molecular weight excluding hydrogens is 202 g/mol. The van der Waals surface area contributed by atoms with Gasteiger partial charge in [0, 0.05) is 18.7 Å². The summed E-state index contributed by atoms with van der Waals surface area (Å²) in [6.45, 7) is 5.42. The lowest BCUT2D eigenvalue weighted by molar-refractivity contribution is 0.398. The molecule has 1 aromatic rings. The van der Waals surface area contributed by atoms with Gasteiger partial charge in [-0.1, -0.05) is 13.8 Å². The number of anilines is 2. The lowest BCUT2D eigenvalue weighted by Gasteiger charge is -2.28.